The van der Waals surface area contributed by atoms with Gasteiger partial charge in [-0.3, -0.25) is 14.4 Å². The third-order valence-corrected chi connectivity index (χ3v) is 6.16. The fourth-order valence-corrected chi connectivity index (χ4v) is 4.35. The minimum Gasteiger partial charge on any atom is -0.447 e. The van der Waals surface area contributed by atoms with E-state index in [0.717, 1.165) is 16.7 Å². The Morgan fingerprint density at radius 3 is 2.68 bits per heavy atom. The molecule has 0 aliphatic carbocycles. The van der Waals surface area contributed by atoms with Gasteiger partial charge in [0.05, 0.1) is 5.39 Å². The van der Waals surface area contributed by atoms with Crippen molar-refractivity contribution in [1.29, 1.82) is 0 Å². The number of nitrogens with zero attached hydrogens (tertiary/aromatic N) is 4. The van der Waals surface area contributed by atoms with E-state index in [2.05, 4.69) is 15.4 Å². The zero-order valence-electron chi connectivity index (χ0n) is 16.6. The maximum atomic E-state index is 12.5. The fraction of sp³-hybridized carbons (Fsp3) is 0.556. The summed E-state index contributed by atoms with van der Waals surface area (Å²) < 4.78 is 43.2. The number of halogens is 3. The second kappa shape index (κ2) is 8.46. The zero-order valence-corrected chi connectivity index (χ0v) is 17.4. The van der Waals surface area contributed by atoms with E-state index >= 15 is 0 Å². The standard InChI is InChI=1S/C18H20F3N5O4S/c1-2-10-7-11-14(26-5-3-25(4-6-26)13(27)8-18(19,20)21)22-17(23-16(11)31-10)30-12-9-29-24-15(12)28/h7,12H,2-6,8-9H2,1H3,(H,24,28)/t12-/m1/s1. The lowest BCUT2D eigenvalue weighted by Gasteiger charge is -2.35. The molecule has 168 valence electrons. The van der Waals surface area contributed by atoms with Gasteiger partial charge in [-0.05, 0) is 12.5 Å². The van der Waals surface area contributed by atoms with Crippen LogP contribution in [0.3, 0.4) is 0 Å². The molecular weight excluding hydrogens is 439 g/mol. The van der Waals surface area contributed by atoms with Gasteiger partial charge < -0.3 is 14.5 Å². The van der Waals surface area contributed by atoms with Crippen molar-refractivity contribution >= 4 is 39.2 Å². The van der Waals surface area contributed by atoms with Gasteiger partial charge in [0.25, 0.3) is 5.91 Å². The van der Waals surface area contributed by atoms with E-state index in [4.69, 9.17) is 9.57 Å². The summed E-state index contributed by atoms with van der Waals surface area (Å²) in [7, 11) is 0. The highest BCUT2D eigenvalue weighted by Crippen LogP contribution is 2.34. The van der Waals surface area contributed by atoms with Crippen molar-refractivity contribution in [3.8, 4) is 6.01 Å². The fourth-order valence-electron chi connectivity index (χ4n) is 3.40. The van der Waals surface area contributed by atoms with Gasteiger partial charge in [0.1, 0.15) is 23.7 Å². The number of alkyl halides is 3. The maximum absolute atomic E-state index is 12.5. The molecule has 0 spiro atoms. The van der Waals surface area contributed by atoms with Crippen LogP contribution in [0.25, 0.3) is 10.2 Å². The Morgan fingerprint density at radius 1 is 1.32 bits per heavy atom. The van der Waals surface area contributed by atoms with E-state index in [1.54, 1.807) is 0 Å². The van der Waals surface area contributed by atoms with Crippen molar-refractivity contribution in [2.45, 2.75) is 32.0 Å². The van der Waals surface area contributed by atoms with Crippen LogP contribution in [0.15, 0.2) is 6.07 Å². The molecule has 2 aliphatic rings. The van der Waals surface area contributed by atoms with Gasteiger partial charge in [0, 0.05) is 31.1 Å². The molecule has 4 rings (SSSR count). The number of piperazine rings is 1. The van der Waals surface area contributed by atoms with Gasteiger partial charge >= 0.3 is 12.2 Å². The van der Waals surface area contributed by atoms with E-state index in [0.29, 0.717) is 23.7 Å². The monoisotopic (exact) mass is 459 g/mol. The Morgan fingerprint density at radius 2 is 2.06 bits per heavy atom. The van der Waals surface area contributed by atoms with E-state index in [9.17, 15) is 22.8 Å². The van der Waals surface area contributed by atoms with Crippen LogP contribution in [0, 0.1) is 0 Å². The molecule has 0 aromatic carbocycles. The topological polar surface area (TPSA) is 96.9 Å². The molecule has 1 N–H and O–H groups in total. The molecule has 1 atom stereocenters. The van der Waals surface area contributed by atoms with Crippen LogP contribution in [0.5, 0.6) is 6.01 Å². The molecule has 0 radical (unpaired) electrons. The molecule has 4 heterocycles. The lowest BCUT2D eigenvalue weighted by Crippen LogP contribution is -2.49. The molecule has 13 heteroatoms. The number of carbonyl (C=O) groups is 2. The van der Waals surface area contributed by atoms with Gasteiger partial charge in [-0.1, -0.05) is 6.92 Å². The molecule has 2 fully saturated rings. The minimum atomic E-state index is -4.53. The first-order chi connectivity index (χ1) is 14.7. The predicted octanol–water partition coefficient (Wildman–Crippen LogP) is 1.66. The van der Waals surface area contributed by atoms with Crippen LogP contribution < -0.4 is 15.1 Å². The number of nitrogens with one attached hydrogen (secondary N) is 1. The number of aromatic nitrogens is 2. The number of anilines is 1. The van der Waals surface area contributed by atoms with Gasteiger partial charge in [-0.15, -0.1) is 11.3 Å². The number of ether oxygens (including phenoxy) is 1. The Bertz CT molecular complexity index is 990. The van der Waals surface area contributed by atoms with Crippen molar-refractivity contribution in [1.82, 2.24) is 20.3 Å². The predicted molar refractivity (Wildman–Crippen MR) is 105 cm³/mol. The Hall–Kier alpha value is -2.67. The molecule has 2 amide bonds. The summed E-state index contributed by atoms with van der Waals surface area (Å²) in [6.45, 7) is 2.99. The van der Waals surface area contributed by atoms with Gasteiger partial charge in [-0.25, -0.2) is 5.48 Å². The van der Waals surface area contributed by atoms with Crippen molar-refractivity contribution < 1.29 is 32.3 Å². The van der Waals surface area contributed by atoms with Gasteiger partial charge in [0.2, 0.25) is 12.0 Å². The Labute approximate surface area is 179 Å². The molecule has 9 nitrogen and oxygen atoms in total. The largest absolute Gasteiger partial charge is 0.447 e. The second-order valence-corrected chi connectivity index (χ2v) is 8.27. The minimum absolute atomic E-state index is 0.0215. The number of aryl methyl sites for hydroxylation is 1. The number of hydrogen-bond acceptors (Lipinski definition) is 8. The average molecular weight is 459 g/mol. The molecule has 2 aliphatic heterocycles. The molecule has 2 aromatic rings. The van der Waals surface area contributed by atoms with Crippen molar-refractivity contribution in [2.75, 3.05) is 37.7 Å². The summed E-state index contributed by atoms with van der Waals surface area (Å²) in [5.74, 6) is -0.791. The SMILES string of the molecule is CCc1cc2c(N3CCN(C(=O)CC(F)(F)F)CC3)nc(O[C@@H]3CONC3=O)nc2s1. The first-order valence-corrected chi connectivity index (χ1v) is 10.5. The summed E-state index contributed by atoms with van der Waals surface area (Å²) in [6, 6.07) is 2.00. The first kappa shape index (κ1) is 21.6. The number of hydroxylamine groups is 1. The summed E-state index contributed by atoms with van der Waals surface area (Å²) in [5.41, 5.74) is 2.20. The highest BCUT2D eigenvalue weighted by molar-refractivity contribution is 7.18. The maximum Gasteiger partial charge on any atom is 0.397 e. The lowest BCUT2D eigenvalue weighted by atomic mass is 10.2. The number of amides is 2. The van der Waals surface area contributed by atoms with E-state index < -0.39 is 30.5 Å². The number of carbonyl (C=O) groups excluding carboxylic acids is 2. The molecule has 2 saturated heterocycles. The molecule has 0 bridgehead atoms. The van der Waals surface area contributed by atoms with Crippen LogP contribution in [0.1, 0.15) is 18.2 Å². The second-order valence-electron chi connectivity index (χ2n) is 7.16. The molecule has 31 heavy (non-hydrogen) atoms. The van der Waals surface area contributed by atoms with Gasteiger partial charge in [0.15, 0.2) is 0 Å². The molecule has 0 unspecified atom stereocenters. The van der Waals surface area contributed by atoms with E-state index in [1.165, 1.54) is 16.2 Å². The van der Waals surface area contributed by atoms with Gasteiger partial charge in [-0.2, -0.15) is 23.1 Å². The summed E-state index contributed by atoms with van der Waals surface area (Å²) in [5, 5.41) is 0.802. The van der Waals surface area contributed by atoms with Crippen LogP contribution >= 0.6 is 11.3 Å². The van der Waals surface area contributed by atoms with Crippen LogP contribution in [-0.4, -0.2) is 71.7 Å². The average Bonchev–Trinajstić information content (AvgIpc) is 3.32. The van der Waals surface area contributed by atoms with E-state index in [1.807, 2.05) is 17.9 Å². The molecule has 2 aromatic heterocycles. The number of hydrogen-bond donors (Lipinski definition) is 1. The molecule has 0 saturated carbocycles. The quantitative estimate of drug-likeness (QED) is 0.727. The Balaban J connectivity index is 1.55. The zero-order chi connectivity index (χ0) is 22.2. The summed E-state index contributed by atoms with van der Waals surface area (Å²) >= 11 is 1.48. The lowest BCUT2D eigenvalue weighted by molar-refractivity contribution is -0.161. The third kappa shape index (κ3) is 4.82. The smallest absolute Gasteiger partial charge is 0.397 e. The summed E-state index contributed by atoms with van der Waals surface area (Å²) in [6.07, 6.45) is -6.05. The number of fused-ring (bicyclic) bond motifs is 1. The van der Waals surface area contributed by atoms with Crippen molar-refractivity contribution in [3.63, 3.8) is 0 Å². The summed E-state index contributed by atoms with van der Waals surface area (Å²) in [4.78, 5) is 42.3. The third-order valence-electron chi connectivity index (χ3n) is 4.98. The number of thiophene rings is 1. The van der Waals surface area contributed by atoms with E-state index in [-0.39, 0.29) is 25.7 Å². The van der Waals surface area contributed by atoms with Crippen molar-refractivity contribution in [3.05, 3.63) is 10.9 Å². The Kier molecular flexibility index (Phi) is 5.88. The van der Waals surface area contributed by atoms with Crippen molar-refractivity contribution in [2.24, 2.45) is 0 Å². The highest BCUT2D eigenvalue weighted by Gasteiger charge is 2.35. The van der Waals surface area contributed by atoms with Crippen LogP contribution in [-0.2, 0) is 20.8 Å². The normalized spacial score (nSPS) is 19.7. The first-order valence-electron chi connectivity index (χ1n) is 9.71. The molecular formula is C18H20F3N5O4S. The van der Waals surface area contributed by atoms with Crippen LogP contribution in [0.4, 0.5) is 19.0 Å². The number of rotatable bonds is 5. The highest BCUT2D eigenvalue weighted by atomic mass is 32.1. The van der Waals surface area contributed by atoms with Crippen LogP contribution in [0.2, 0.25) is 0 Å².